The van der Waals surface area contributed by atoms with Crippen LogP contribution >= 0.6 is 0 Å². The Morgan fingerprint density at radius 2 is 1.41 bits per heavy atom. The number of esters is 1. The van der Waals surface area contributed by atoms with Crippen LogP contribution in [0.2, 0.25) is 0 Å². The Bertz CT molecular complexity index is 2050. The highest BCUT2D eigenvalue weighted by Gasteiger charge is 2.29. The van der Waals surface area contributed by atoms with E-state index in [1.54, 1.807) is 19.1 Å². The van der Waals surface area contributed by atoms with Crippen molar-refractivity contribution >= 4 is 34.7 Å². The monoisotopic (exact) mass is 685 g/mol. The highest BCUT2D eigenvalue weighted by atomic mass is 16.5. The van der Waals surface area contributed by atoms with Gasteiger partial charge in [0.1, 0.15) is 23.4 Å². The number of amides is 3. The van der Waals surface area contributed by atoms with Gasteiger partial charge in [0, 0.05) is 42.8 Å². The van der Waals surface area contributed by atoms with Crippen LogP contribution in [0.3, 0.4) is 0 Å². The molecule has 1 aromatic heterocycles. The van der Waals surface area contributed by atoms with Crippen LogP contribution in [-0.4, -0.2) is 60.6 Å². The third-order valence-corrected chi connectivity index (χ3v) is 7.94. The molecule has 0 aliphatic carbocycles. The van der Waals surface area contributed by atoms with Crippen molar-refractivity contribution in [2.24, 2.45) is 0 Å². The fourth-order valence-electron chi connectivity index (χ4n) is 5.65. The minimum atomic E-state index is -1.13. The number of hydrogen-bond acceptors (Lipinski definition) is 7. The van der Waals surface area contributed by atoms with E-state index in [0.29, 0.717) is 33.4 Å². The fraction of sp³-hybridized carbons (Fsp3) is 0.220. The molecule has 0 saturated carbocycles. The summed E-state index contributed by atoms with van der Waals surface area (Å²) in [5.41, 5.74) is 3.84. The number of hydrogen-bond donors (Lipinski definition) is 4. The minimum absolute atomic E-state index is 0.0226. The van der Waals surface area contributed by atoms with Crippen molar-refractivity contribution in [3.05, 3.63) is 131 Å². The van der Waals surface area contributed by atoms with Gasteiger partial charge < -0.3 is 30.2 Å². The SMILES string of the molecule is CCOC(=O)c1c(-c2ccccc2)oc2c(C#Cc3ccccc3)cc(C[C@H](NC(=O)[C@H](Cc3ccccc3)NC(C)=O)C(=O)NCCO)cc12. The zero-order valence-electron chi connectivity index (χ0n) is 28.4. The minimum Gasteiger partial charge on any atom is -0.462 e. The Labute approximate surface area is 296 Å². The van der Waals surface area contributed by atoms with Gasteiger partial charge in [0.05, 0.1) is 18.8 Å². The van der Waals surface area contributed by atoms with E-state index in [1.165, 1.54) is 6.92 Å². The van der Waals surface area contributed by atoms with E-state index in [-0.39, 0.29) is 38.2 Å². The lowest BCUT2D eigenvalue weighted by molar-refractivity contribution is -0.131. The molecule has 10 heteroatoms. The summed E-state index contributed by atoms with van der Waals surface area (Å²) in [6.45, 7) is 2.83. The van der Waals surface area contributed by atoms with Crippen LogP contribution in [-0.2, 0) is 32.0 Å². The molecule has 0 bridgehead atoms. The maximum atomic E-state index is 13.7. The van der Waals surface area contributed by atoms with Crippen molar-refractivity contribution in [3.8, 4) is 23.2 Å². The number of benzene rings is 4. The molecule has 1 heterocycles. The number of carbonyl (C=O) groups excluding carboxylic acids is 4. The van der Waals surface area contributed by atoms with Gasteiger partial charge in [-0.2, -0.15) is 0 Å². The summed E-state index contributed by atoms with van der Waals surface area (Å²) in [5, 5.41) is 18.0. The number of fused-ring (bicyclic) bond motifs is 1. The Kier molecular flexibility index (Phi) is 12.4. The first-order valence-corrected chi connectivity index (χ1v) is 16.7. The molecule has 0 aliphatic rings. The molecule has 0 aliphatic heterocycles. The lowest BCUT2D eigenvalue weighted by Crippen LogP contribution is -2.55. The van der Waals surface area contributed by atoms with E-state index in [4.69, 9.17) is 9.15 Å². The molecule has 5 rings (SSSR count). The zero-order valence-corrected chi connectivity index (χ0v) is 28.4. The van der Waals surface area contributed by atoms with Gasteiger partial charge >= 0.3 is 5.97 Å². The van der Waals surface area contributed by atoms with Crippen molar-refractivity contribution in [1.29, 1.82) is 0 Å². The molecule has 260 valence electrons. The summed E-state index contributed by atoms with van der Waals surface area (Å²) in [6.07, 6.45) is 0.174. The van der Waals surface area contributed by atoms with Crippen LogP contribution in [0, 0.1) is 11.8 Å². The average Bonchev–Trinajstić information content (AvgIpc) is 3.53. The third kappa shape index (κ3) is 9.50. The van der Waals surface area contributed by atoms with E-state index in [9.17, 15) is 24.3 Å². The van der Waals surface area contributed by atoms with Gasteiger partial charge in [0.25, 0.3) is 0 Å². The molecule has 5 aromatic rings. The van der Waals surface area contributed by atoms with Gasteiger partial charge in [-0.05, 0) is 42.3 Å². The van der Waals surface area contributed by atoms with E-state index in [0.717, 1.165) is 11.1 Å². The van der Waals surface area contributed by atoms with Gasteiger partial charge in [-0.3, -0.25) is 14.4 Å². The maximum Gasteiger partial charge on any atom is 0.342 e. The normalized spacial score (nSPS) is 11.8. The second kappa shape index (κ2) is 17.5. The number of aliphatic hydroxyl groups excluding tert-OH is 1. The van der Waals surface area contributed by atoms with Crippen molar-refractivity contribution in [2.45, 2.75) is 38.8 Å². The zero-order chi connectivity index (χ0) is 36.2. The van der Waals surface area contributed by atoms with Gasteiger partial charge in [-0.1, -0.05) is 90.7 Å². The van der Waals surface area contributed by atoms with Crippen LogP contribution in [0.4, 0.5) is 0 Å². The summed E-state index contributed by atoms with van der Waals surface area (Å²) < 4.78 is 11.9. The lowest BCUT2D eigenvalue weighted by atomic mass is 9.97. The number of ether oxygens (including phenoxy) is 1. The topological polar surface area (TPSA) is 147 Å². The molecular formula is C41H39N3O7. The van der Waals surface area contributed by atoms with Crippen LogP contribution in [0.1, 0.15) is 46.5 Å². The molecule has 4 N–H and O–H groups in total. The Hall–Kier alpha value is -6.18. The molecule has 51 heavy (non-hydrogen) atoms. The predicted molar refractivity (Wildman–Crippen MR) is 194 cm³/mol. The van der Waals surface area contributed by atoms with Crippen LogP contribution < -0.4 is 16.0 Å². The summed E-state index contributed by atoms with van der Waals surface area (Å²) in [5.74, 6) is 4.56. The quantitative estimate of drug-likeness (QED) is 0.105. The van der Waals surface area contributed by atoms with Crippen LogP contribution in [0.15, 0.2) is 108 Å². The Morgan fingerprint density at radius 1 is 0.784 bits per heavy atom. The molecular weight excluding hydrogens is 646 g/mol. The van der Waals surface area contributed by atoms with Crippen molar-refractivity contribution < 1.29 is 33.4 Å². The summed E-state index contributed by atoms with van der Waals surface area (Å²) >= 11 is 0. The number of rotatable bonds is 13. The first kappa shape index (κ1) is 36.1. The summed E-state index contributed by atoms with van der Waals surface area (Å²) in [4.78, 5) is 52.9. The maximum absolute atomic E-state index is 13.7. The van der Waals surface area contributed by atoms with Gasteiger partial charge in [0.2, 0.25) is 17.7 Å². The molecule has 0 spiro atoms. The molecule has 2 atom stereocenters. The van der Waals surface area contributed by atoms with Crippen LogP contribution in [0.25, 0.3) is 22.3 Å². The largest absolute Gasteiger partial charge is 0.462 e. The van der Waals surface area contributed by atoms with Crippen molar-refractivity contribution in [1.82, 2.24) is 16.0 Å². The van der Waals surface area contributed by atoms with Gasteiger partial charge in [-0.25, -0.2) is 4.79 Å². The molecule has 4 aromatic carbocycles. The molecule has 0 saturated heterocycles. The van der Waals surface area contributed by atoms with E-state index >= 15 is 0 Å². The number of aliphatic hydroxyl groups is 1. The smallest absolute Gasteiger partial charge is 0.342 e. The molecule has 3 amide bonds. The third-order valence-electron chi connectivity index (χ3n) is 7.94. The van der Waals surface area contributed by atoms with Crippen molar-refractivity contribution in [2.75, 3.05) is 19.8 Å². The standard InChI is InChI=1S/C41H39N3O7/c1-3-50-41(49)36-33-24-30(23-32(20-19-28-13-7-4-8-14-28)37(33)51-38(36)31-17-11-6-12-18-31)26-34(39(47)42-21-22-45)44-40(48)35(43-27(2)46)25-29-15-9-5-10-16-29/h4-18,23-24,34-35,45H,3,21-22,25-26H2,1-2H3,(H,42,47)(H,43,46)(H,44,48)/t34-,35-/m0/s1. The van der Waals surface area contributed by atoms with E-state index in [1.807, 2.05) is 91.0 Å². The Balaban J connectivity index is 1.61. The fourth-order valence-corrected chi connectivity index (χ4v) is 5.65. The summed E-state index contributed by atoms with van der Waals surface area (Å²) in [6, 6.07) is 29.2. The Morgan fingerprint density at radius 3 is 2.06 bits per heavy atom. The molecule has 0 unspecified atom stereocenters. The highest BCUT2D eigenvalue weighted by Crippen LogP contribution is 2.37. The second-order valence-corrected chi connectivity index (χ2v) is 11.8. The number of nitrogens with one attached hydrogen (secondary N) is 3. The highest BCUT2D eigenvalue weighted by molar-refractivity contribution is 6.10. The number of carbonyl (C=O) groups is 4. The van der Waals surface area contributed by atoms with Gasteiger partial charge in [-0.15, -0.1) is 0 Å². The lowest BCUT2D eigenvalue weighted by Gasteiger charge is -2.23. The van der Waals surface area contributed by atoms with E-state index in [2.05, 4.69) is 27.8 Å². The average molecular weight is 686 g/mol. The first-order chi connectivity index (χ1) is 24.8. The summed E-state index contributed by atoms with van der Waals surface area (Å²) in [7, 11) is 0. The predicted octanol–water partition coefficient (Wildman–Crippen LogP) is 4.56. The van der Waals surface area contributed by atoms with Gasteiger partial charge in [0.15, 0.2) is 5.58 Å². The van der Waals surface area contributed by atoms with E-state index < -0.39 is 35.8 Å². The first-order valence-electron chi connectivity index (χ1n) is 16.7. The van der Waals surface area contributed by atoms with Crippen LogP contribution in [0.5, 0.6) is 0 Å². The van der Waals surface area contributed by atoms with Crippen molar-refractivity contribution in [3.63, 3.8) is 0 Å². The number of furan rings is 1. The molecule has 0 radical (unpaired) electrons. The second-order valence-electron chi connectivity index (χ2n) is 11.8. The molecule has 10 nitrogen and oxygen atoms in total. The molecule has 0 fully saturated rings.